The van der Waals surface area contributed by atoms with Crippen LogP contribution in [0.1, 0.15) is 27.7 Å². The zero-order valence-corrected chi connectivity index (χ0v) is 10.3. The molecule has 0 aromatic carbocycles. The molecule has 0 fully saturated rings. The number of halogens is 1. The van der Waals surface area contributed by atoms with Gasteiger partial charge in [-0.05, 0) is 0 Å². The SMILES string of the molecule is CC(C)NC(C)C.[I-].[Mg+2]. The van der Waals surface area contributed by atoms with Crippen molar-refractivity contribution in [3.8, 4) is 0 Å². The molecule has 9 heavy (non-hydrogen) atoms. The fraction of sp³-hybridized carbons (Fsp3) is 1.00. The van der Waals surface area contributed by atoms with Gasteiger partial charge in [0.15, 0.2) is 0 Å². The zero-order valence-electron chi connectivity index (χ0n) is 6.74. The Hall–Kier alpha value is 1.46. The van der Waals surface area contributed by atoms with E-state index in [1.54, 1.807) is 0 Å². The molecule has 1 N–H and O–H groups in total. The van der Waals surface area contributed by atoms with Gasteiger partial charge in [-0.1, -0.05) is 27.7 Å². The number of hydrogen-bond acceptors (Lipinski definition) is 1. The summed E-state index contributed by atoms with van der Waals surface area (Å²) in [6, 6.07) is 1.25. The first-order valence-electron chi connectivity index (χ1n) is 2.89. The monoisotopic (exact) mass is 252 g/mol. The predicted octanol–water partition coefficient (Wildman–Crippen LogP) is -1.98. The van der Waals surface area contributed by atoms with Crippen molar-refractivity contribution in [3.63, 3.8) is 0 Å². The molecule has 52 valence electrons. The molecule has 0 amide bonds. The third kappa shape index (κ3) is 17.7. The molecule has 0 aromatic heterocycles. The quantitative estimate of drug-likeness (QED) is 0.443. The van der Waals surface area contributed by atoms with Gasteiger partial charge in [-0.15, -0.1) is 0 Å². The molecule has 0 heterocycles. The van der Waals surface area contributed by atoms with Crippen molar-refractivity contribution in [2.75, 3.05) is 0 Å². The van der Waals surface area contributed by atoms with E-state index in [2.05, 4.69) is 33.0 Å². The molecule has 0 spiro atoms. The van der Waals surface area contributed by atoms with Gasteiger partial charge in [-0.3, -0.25) is 0 Å². The van der Waals surface area contributed by atoms with Crippen molar-refractivity contribution in [1.82, 2.24) is 5.32 Å². The molecule has 0 saturated carbocycles. The molecule has 3 heteroatoms. The molecular weight excluding hydrogens is 237 g/mol. The smallest absolute Gasteiger partial charge is 1.00 e. The van der Waals surface area contributed by atoms with Crippen LogP contribution in [0, 0.1) is 0 Å². The minimum absolute atomic E-state index is 0. The molecule has 0 unspecified atom stereocenters. The zero-order chi connectivity index (χ0) is 5.86. The van der Waals surface area contributed by atoms with E-state index >= 15 is 0 Å². The topological polar surface area (TPSA) is 12.0 Å². The summed E-state index contributed by atoms with van der Waals surface area (Å²) in [5.41, 5.74) is 0. The second-order valence-electron chi connectivity index (χ2n) is 2.48. The largest absolute Gasteiger partial charge is 2.00 e. The summed E-state index contributed by atoms with van der Waals surface area (Å²) < 4.78 is 0. The molecule has 1 nitrogen and oxygen atoms in total. The van der Waals surface area contributed by atoms with Crippen LogP contribution in [-0.2, 0) is 0 Å². The molecule has 0 radical (unpaired) electrons. The molecule has 0 aliphatic rings. The average molecular weight is 252 g/mol. The molecule has 0 rings (SSSR count). The first-order chi connectivity index (χ1) is 3.13. The van der Waals surface area contributed by atoms with E-state index in [0.29, 0.717) is 12.1 Å². The van der Waals surface area contributed by atoms with Crippen LogP contribution in [0.5, 0.6) is 0 Å². The van der Waals surface area contributed by atoms with Gasteiger partial charge in [0.1, 0.15) is 0 Å². The van der Waals surface area contributed by atoms with Crippen LogP contribution in [0.15, 0.2) is 0 Å². The second-order valence-corrected chi connectivity index (χ2v) is 2.48. The van der Waals surface area contributed by atoms with Crippen LogP contribution < -0.4 is 29.3 Å². The van der Waals surface area contributed by atoms with E-state index in [9.17, 15) is 0 Å². The average Bonchev–Trinajstić information content (AvgIpc) is 1.27. The summed E-state index contributed by atoms with van der Waals surface area (Å²) in [5, 5.41) is 3.31. The summed E-state index contributed by atoms with van der Waals surface area (Å²) in [4.78, 5) is 0. The standard InChI is InChI=1S/C6H15N.HI.Mg/c1-5(2)7-6(3)4;;/h5-7H,1-4H3;1H;/q;;+2/p-1. The Labute approximate surface area is 91.5 Å². The molecule has 0 aliphatic carbocycles. The summed E-state index contributed by atoms with van der Waals surface area (Å²) in [6.07, 6.45) is 0. The molecule has 0 aliphatic heterocycles. The van der Waals surface area contributed by atoms with E-state index in [0.717, 1.165) is 0 Å². The predicted molar refractivity (Wildman–Crippen MR) is 39.2 cm³/mol. The third-order valence-electron chi connectivity index (χ3n) is 0.667. The first-order valence-corrected chi connectivity index (χ1v) is 2.89. The van der Waals surface area contributed by atoms with Gasteiger partial charge in [0.2, 0.25) is 0 Å². The van der Waals surface area contributed by atoms with Crippen LogP contribution in [-0.4, -0.2) is 35.1 Å². The fourth-order valence-electron chi connectivity index (χ4n) is 0.667. The second kappa shape index (κ2) is 9.46. The van der Waals surface area contributed by atoms with Crippen LogP contribution in [0.2, 0.25) is 0 Å². The van der Waals surface area contributed by atoms with Crippen LogP contribution in [0.4, 0.5) is 0 Å². The Balaban J connectivity index is -0.000000180. The van der Waals surface area contributed by atoms with Crippen molar-refractivity contribution < 1.29 is 24.0 Å². The number of rotatable bonds is 2. The Kier molecular flexibility index (Phi) is 17.7. The van der Waals surface area contributed by atoms with E-state index in [1.165, 1.54) is 0 Å². The van der Waals surface area contributed by atoms with Gasteiger partial charge >= 0.3 is 23.1 Å². The Morgan fingerprint density at radius 2 is 1.11 bits per heavy atom. The van der Waals surface area contributed by atoms with Crippen LogP contribution in [0.25, 0.3) is 0 Å². The normalized spacial score (nSPS) is 8.67. The summed E-state index contributed by atoms with van der Waals surface area (Å²) >= 11 is 0. The Bertz CT molecular complexity index is 42.3. The maximum Gasteiger partial charge on any atom is 2.00 e. The van der Waals surface area contributed by atoms with Crippen LogP contribution >= 0.6 is 0 Å². The molecule has 0 bridgehead atoms. The number of hydrogen-bond donors (Lipinski definition) is 1. The van der Waals surface area contributed by atoms with Gasteiger partial charge in [0, 0.05) is 12.1 Å². The van der Waals surface area contributed by atoms with Gasteiger partial charge < -0.3 is 29.3 Å². The number of nitrogens with one attached hydrogen (secondary N) is 1. The minimum Gasteiger partial charge on any atom is -1.00 e. The van der Waals surface area contributed by atoms with E-state index in [4.69, 9.17) is 0 Å². The Morgan fingerprint density at radius 1 is 0.889 bits per heavy atom. The molecule has 0 atom stereocenters. The van der Waals surface area contributed by atoms with Gasteiger partial charge in [-0.2, -0.15) is 0 Å². The fourth-order valence-corrected chi connectivity index (χ4v) is 0.667. The summed E-state index contributed by atoms with van der Waals surface area (Å²) in [5.74, 6) is 0. The molecular formula is C6H15IMgN+. The van der Waals surface area contributed by atoms with Crippen molar-refractivity contribution in [2.45, 2.75) is 39.8 Å². The van der Waals surface area contributed by atoms with E-state index in [1.807, 2.05) is 0 Å². The van der Waals surface area contributed by atoms with Gasteiger partial charge in [0.25, 0.3) is 0 Å². The third-order valence-corrected chi connectivity index (χ3v) is 0.667. The maximum atomic E-state index is 3.31. The van der Waals surface area contributed by atoms with Gasteiger partial charge in [0.05, 0.1) is 0 Å². The Morgan fingerprint density at radius 3 is 1.11 bits per heavy atom. The van der Waals surface area contributed by atoms with E-state index in [-0.39, 0.29) is 47.0 Å². The van der Waals surface area contributed by atoms with Crippen molar-refractivity contribution in [2.24, 2.45) is 0 Å². The molecule has 0 aromatic rings. The van der Waals surface area contributed by atoms with Crippen molar-refractivity contribution in [1.29, 1.82) is 0 Å². The minimum atomic E-state index is 0. The molecule has 0 saturated heterocycles. The van der Waals surface area contributed by atoms with E-state index < -0.39 is 0 Å². The van der Waals surface area contributed by atoms with Crippen molar-refractivity contribution >= 4 is 23.1 Å². The first kappa shape index (κ1) is 16.8. The summed E-state index contributed by atoms with van der Waals surface area (Å²) in [6.45, 7) is 8.61. The van der Waals surface area contributed by atoms with Gasteiger partial charge in [-0.25, -0.2) is 0 Å². The van der Waals surface area contributed by atoms with Crippen LogP contribution in [0.3, 0.4) is 0 Å². The van der Waals surface area contributed by atoms with Crippen molar-refractivity contribution in [3.05, 3.63) is 0 Å². The summed E-state index contributed by atoms with van der Waals surface area (Å²) in [7, 11) is 0. The maximum absolute atomic E-state index is 3.31.